The van der Waals surface area contributed by atoms with Gasteiger partial charge in [0.15, 0.2) is 6.29 Å². The molecule has 142 valence electrons. The molecule has 1 saturated heterocycles. The van der Waals surface area contributed by atoms with Gasteiger partial charge < -0.3 is 9.47 Å². The van der Waals surface area contributed by atoms with Crippen LogP contribution in [0.1, 0.15) is 52.9 Å². The minimum absolute atomic E-state index is 0.0751. The molecule has 4 nitrogen and oxygen atoms in total. The maximum Gasteiger partial charge on any atom is 0.166 e. The number of ether oxygens (including phenoxy) is 2. The van der Waals surface area contributed by atoms with Crippen molar-refractivity contribution in [2.24, 2.45) is 28.1 Å². The molecule has 5 atom stereocenters. The van der Waals surface area contributed by atoms with Crippen molar-refractivity contribution in [1.82, 2.24) is 0 Å². The molecule has 0 spiro atoms. The van der Waals surface area contributed by atoms with Crippen molar-refractivity contribution in [2.75, 3.05) is 13.2 Å². The van der Waals surface area contributed by atoms with Crippen molar-refractivity contribution >= 4 is 11.6 Å². The first kappa shape index (κ1) is 19.3. The Morgan fingerprint density at radius 2 is 2.08 bits per heavy atom. The predicted octanol–water partition coefficient (Wildman–Crippen LogP) is 3.55. The lowest BCUT2D eigenvalue weighted by Crippen LogP contribution is -2.54. The molecule has 26 heavy (non-hydrogen) atoms. The van der Waals surface area contributed by atoms with Gasteiger partial charge in [-0.1, -0.05) is 32.8 Å². The summed E-state index contributed by atoms with van der Waals surface area (Å²) in [6.07, 6.45) is 10.3. The first-order valence-electron chi connectivity index (χ1n) is 9.64. The second-order valence-electron chi connectivity index (χ2n) is 8.81. The fraction of sp³-hybridized carbons (Fsp3) is 0.727. The maximum atomic E-state index is 13.6. The highest BCUT2D eigenvalue weighted by Crippen LogP contribution is 2.61. The van der Waals surface area contributed by atoms with Crippen LogP contribution in [0.5, 0.6) is 0 Å². The van der Waals surface area contributed by atoms with E-state index in [1.54, 1.807) is 6.08 Å². The number of hydrogen-bond donors (Lipinski definition) is 0. The second kappa shape index (κ2) is 6.62. The van der Waals surface area contributed by atoms with Gasteiger partial charge >= 0.3 is 0 Å². The lowest BCUT2D eigenvalue weighted by molar-refractivity contribution is -0.156. The third kappa shape index (κ3) is 2.68. The minimum Gasteiger partial charge on any atom is -0.349 e. The summed E-state index contributed by atoms with van der Waals surface area (Å²) in [7, 11) is 0. The van der Waals surface area contributed by atoms with Crippen molar-refractivity contribution < 1.29 is 19.1 Å². The van der Waals surface area contributed by atoms with Crippen LogP contribution in [0.15, 0.2) is 12.7 Å². The number of carbonyl (C=O) groups excluding carboxylic acids is 2. The Kier molecular flexibility index (Phi) is 4.92. The Morgan fingerprint density at radius 1 is 1.42 bits per heavy atom. The van der Waals surface area contributed by atoms with Crippen LogP contribution in [-0.4, -0.2) is 31.1 Å². The van der Waals surface area contributed by atoms with E-state index in [0.717, 1.165) is 12.8 Å². The average Bonchev–Trinajstić information content (AvgIpc) is 3.28. The van der Waals surface area contributed by atoms with Gasteiger partial charge in [-0.25, -0.2) is 0 Å². The summed E-state index contributed by atoms with van der Waals surface area (Å²) < 4.78 is 11.3. The Bertz CT molecular complexity index is 656. The van der Waals surface area contributed by atoms with Gasteiger partial charge in [-0.3, -0.25) is 9.59 Å². The van der Waals surface area contributed by atoms with Gasteiger partial charge in [-0.15, -0.1) is 13.0 Å². The zero-order chi connectivity index (χ0) is 19.2. The minimum atomic E-state index is -0.749. The Hall–Kier alpha value is -1.44. The number of carbonyl (C=O) groups is 2. The summed E-state index contributed by atoms with van der Waals surface area (Å²) in [5.74, 6) is 2.89. The van der Waals surface area contributed by atoms with Crippen molar-refractivity contribution in [1.29, 1.82) is 0 Å². The highest BCUT2D eigenvalue weighted by molar-refractivity contribution is 5.95. The van der Waals surface area contributed by atoms with Gasteiger partial charge in [0.1, 0.15) is 11.6 Å². The van der Waals surface area contributed by atoms with Gasteiger partial charge in [-0.2, -0.15) is 0 Å². The molecule has 0 bridgehead atoms. The van der Waals surface area contributed by atoms with E-state index in [9.17, 15) is 9.59 Å². The molecule has 0 aromatic rings. The molecule has 1 unspecified atom stereocenters. The topological polar surface area (TPSA) is 52.6 Å². The van der Waals surface area contributed by atoms with Gasteiger partial charge in [0, 0.05) is 35.0 Å². The molecule has 3 aliphatic rings. The van der Waals surface area contributed by atoms with Crippen LogP contribution in [0.25, 0.3) is 0 Å². The quantitative estimate of drug-likeness (QED) is 0.557. The number of terminal acetylenes is 1. The molecule has 0 N–H and O–H groups in total. The molecule has 4 heteroatoms. The molecule has 1 heterocycles. The van der Waals surface area contributed by atoms with Crippen LogP contribution in [0.3, 0.4) is 0 Å². The Labute approximate surface area is 156 Å². The zero-order valence-electron chi connectivity index (χ0n) is 16.2. The van der Waals surface area contributed by atoms with E-state index in [4.69, 9.17) is 15.9 Å². The molecule has 2 saturated carbocycles. The van der Waals surface area contributed by atoms with Crippen molar-refractivity contribution in [3.8, 4) is 12.3 Å². The van der Waals surface area contributed by atoms with Crippen LogP contribution in [0.2, 0.25) is 0 Å². The van der Waals surface area contributed by atoms with Gasteiger partial charge in [0.25, 0.3) is 0 Å². The van der Waals surface area contributed by atoms with Crippen LogP contribution in [-0.2, 0) is 19.1 Å². The largest absolute Gasteiger partial charge is 0.349 e. The number of fused-ring (bicyclic) bond motifs is 1. The normalized spacial score (nSPS) is 39.8. The molecule has 0 aromatic heterocycles. The maximum absolute atomic E-state index is 13.6. The zero-order valence-corrected chi connectivity index (χ0v) is 16.2. The molecule has 3 rings (SSSR count). The first-order chi connectivity index (χ1) is 12.2. The highest BCUT2D eigenvalue weighted by atomic mass is 16.7. The smallest absolute Gasteiger partial charge is 0.166 e. The van der Waals surface area contributed by atoms with Crippen LogP contribution >= 0.6 is 0 Å². The van der Waals surface area contributed by atoms with Gasteiger partial charge in [-0.05, 0) is 25.2 Å². The van der Waals surface area contributed by atoms with Crippen LogP contribution in [0.4, 0.5) is 0 Å². The molecule has 1 aliphatic heterocycles. The van der Waals surface area contributed by atoms with E-state index in [1.165, 1.54) is 0 Å². The third-order valence-electron chi connectivity index (χ3n) is 7.40. The SMILES string of the molecule is C#C[C@]12CCC(=O)[C@H]1[C@](C)(C(=O)CC(C)(C=C)C1OCCO1)[C@H](C)CC2. The van der Waals surface area contributed by atoms with Gasteiger partial charge in [0.2, 0.25) is 0 Å². The van der Waals surface area contributed by atoms with Crippen molar-refractivity contribution in [2.45, 2.75) is 59.2 Å². The summed E-state index contributed by atoms with van der Waals surface area (Å²) in [6.45, 7) is 10.9. The molecule has 2 aliphatic carbocycles. The molecule has 3 fully saturated rings. The summed E-state index contributed by atoms with van der Waals surface area (Å²) in [4.78, 5) is 26.4. The summed E-state index contributed by atoms with van der Waals surface area (Å²) in [6, 6.07) is 0. The summed E-state index contributed by atoms with van der Waals surface area (Å²) in [5.41, 5.74) is -1.83. The third-order valence-corrected chi connectivity index (χ3v) is 7.40. The first-order valence-corrected chi connectivity index (χ1v) is 9.64. The number of Topliss-reactive ketones (excluding diaryl/α,β-unsaturated/α-hetero) is 2. The predicted molar refractivity (Wildman–Crippen MR) is 99.1 cm³/mol. The molecular weight excluding hydrogens is 328 g/mol. The fourth-order valence-electron chi connectivity index (χ4n) is 5.37. The van der Waals surface area contributed by atoms with E-state index in [2.05, 4.69) is 19.4 Å². The van der Waals surface area contributed by atoms with Crippen molar-refractivity contribution in [3.63, 3.8) is 0 Å². The van der Waals surface area contributed by atoms with E-state index in [0.29, 0.717) is 26.1 Å². The Morgan fingerprint density at radius 3 is 2.65 bits per heavy atom. The number of ketones is 2. The molecular formula is C22H30O4. The number of hydrogen-bond acceptors (Lipinski definition) is 4. The molecule has 0 amide bonds. The van der Waals surface area contributed by atoms with Gasteiger partial charge in [0.05, 0.1) is 13.2 Å². The van der Waals surface area contributed by atoms with E-state index < -0.39 is 22.5 Å². The van der Waals surface area contributed by atoms with Crippen molar-refractivity contribution in [3.05, 3.63) is 12.7 Å². The summed E-state index contributed by atoms with van der Waals surface area (Å²) in [5, 5.41) is 0. The van der Waals surface area contributed by atoms with Crippen LogP contribution in [0, 0.1) is 40.4 Å². The standard InChI is InChI=1S/C22H30O4/c1-6-20(4,19-25-12-13-26-19)14-17(24)21(5)15(3)8-10-22(7-2)11-9-16(23)18(21)22/h2,6,15,18-19H,1,8-14H2,3-5H3/t15-,18+,20?,21+,22+/m1/s1. The fourth-order valence-corrected chi connectivity index (χ4v) is 5.37. The number of rotatable bonds is 5. The highest BCUT2D eigenvalue weighted by Gasteiger charge is 2.63. The second-order valence-corrected chi connectivity index (χ2v) is 8.81. The Balaban J connectivity index is 1.94. The van der Waals surface area contributed by atoms with E-state index in [1.807, 2.05) is 13.8 Å². The van der Waals surface area contributed by atoms with Crippen LogP contribution < -0.4 is 0 Å². The summed E-state index contributed by atoms with van der Waals surface area (Å²) >= 11 is 0. The van der Waals surface area contributed by atoms with E-state index >= 15 is 0 Å². The lowest BCUT2D eigenvalue weighted by atomic mass is 9.50. The molecule has 0 aromatic carbocycles. The molecule has 0 radical (unpaired) electrons. The average molecular weight is 358 g/mol. The van der Waals surface area contributed by atoms with E-state index in [-0.39, 0.29) is 29.8 Å². The monoisotopic (exact) mass is 358 g/mol. The lowest BCUT2D eigenvalue weighted by Gasteiger charge is -2.51.